The van der Waals surface area contributed by atoms with Gasteiger partial charge in [-0.25, -0.2) is 0 Å². The molecular weight excluding hydrogens is 240 g/mol. The predicted octanol–water partition coefficient (Wildman–Crippen LogP) is 3.09. The molecule has 0 radical (unpaired) electrons. The van der Waals surface area contributed by atoms with Crippen LogP contribution in [-0.4, -0.2) is 26.6 Å². The van der Waals surface area contributed by atoms with Gasteiger partial charge in [0, 0.05) is 20.1 Å². The maximum absolute atomic E-state index is 12.1. The molecule has 3 nitrogen and oxygen atoms in total. The lowest BCUT2D eigenvalue weighted by atomic mass is 9.84. The Bertz CT molecular complexity index is 477. The van der Waals surface area contributed by atoms with E-state index in [4.69, 9.17) is 9.47 Å². The number of carbonyl (C=O) groups is 1. The number of methoxy groups -OCH3 is 2. The molecule has 0 spiro atoms. The van der Waals surface area contributed by atoms with E-state index >= 15 is 0 Å². The third-order valence-corrected chi connectivity index (χ3v) is 3.49. The number of hydrogen-bond acceptors (Lipinski definition) is 3. The van der Waals surface area contributed by atoms with Gasteiger partial charge in [-0.05, 0) is 48.1 Å². The van der Waals surface area contributed by atoms with Crippen molar-refractivity contribution in [2.45, 2.75) is 19.3 Å². The lowest BCUT2D eigenvalue weighted by Gasteiger charge is -2.22. The molecule has 1 atom stereocenters. The van der Waals surface area contributed by atoms with Crippen LogP contribution in [0.2, 0.25) is 0 Å². The highest BCUT2D eigenvalue weighted by molar-refractivity contribution is 6.00. The first-order chi connectivity index (χ1) is 9.22. The monoisotopic (exact) mass is 260 g/mol. The molecule has 1 aromatic carbocycles. The zero-order valence-electron chi connectivity index (χ0n) is 11.5. The molecule has 0 bridgehead atoms. The molecule has 102 valence electrons. The summed E-state index contributed by atoms with van der Waals surface area (Å²) in [6, 6.07) is 7.77. The molecule has 1 aliphatic rings. The summed E-state index contributed by atoms with van der Waals surface area (Å²) in [4.78, 5) is 12.1. The Balaban J connectivity index is 2.09. The van der Waals surface area contributed by atoms with Gasteiger partial charge in [0.1, 0.15) is 5.75 Å². The SMILES string of the molecule is COCC1CCC(=Cc2cccc(OC)c2)C(=O)C1. The number of allylic oxidation sites excluding steroid dienone is 1. The molecule has 0 aromatic heterocycles. The van der Waals surface area contributed by atoms with Crippen LogP contribution in [0.25, 0.3) is 6.08 Å². The number of ketones is 1. The molecule has 2 rings (SSSR count). The van der Waals surface area contributed by atoms with E-state index in [1.54, 1.807) is 14.2 Å². The molecule has 19 heavy (non-hydrogen) atoms. The van der Waals surface area contributed by atoms with Crippen LogP contribution >= 0.6 is 0 Å². The molecule has 1 aromatic rings. The Hall–Kier alpha value is -1.61. The quantitative estimate of drug-likeness (QED) is 0.780. The molecule has 0 N–H and O–H groups in total. The van der Waals surface area contributed by atoms with Gasteiger partial charge in [0.15, 0.2) is 5.78 Å². The highest BCUT2D eigenvalue weighted by Gasteiger charge is 2.23. The van der Waals surface area contributed by atoms with Crippen molar-refractivity contribution in [3.8, 4) is 5.75 Å². The van der Waals surface area contributed by atoms with Crippen LogP contribution in [0.3, 0.4) is 0 Å². The van der Waals surface area contributed by atoms with E-state index < -0.39 is 0 Å². The summed E-state index contributed by atoms with van der Waals surface area (Å²) in [5, 5.41) is 0. The van der Waals surface area contributed by atoms with Gasteiger partial charge < -0.3 is 9.47 Å². The maximum atomic E-state index is 12.1. The second-order valence-corrected chi connectivity index (χ2v) is 4.93. The van der Waals surface area contributed by atoms with E-state index in [-0.39, 0.29) is 5.78 Å². The molecule has 1 unspecified atom stereocenters. The highest BCUT2D eigenvalue weighted by atomic mass is 16.5. The van der Waals surface area contributed by atoms with Crippen LogP contribution in [0.5, 0.6) is 5.75 Å². The molecule has 3 heteroatoms. The number of rotatable bonds is 4. The van der Waals surface area contributed by atoms with Crippen LogP contribution in [0.4, 0.5) is 0 Å². The summed E-state index contributed by atoms with van der Waals surface area (Å²) in [6.07, 6.45) is 4.44. The zero-order chi connectivity index (χ0) is 13.7. The fourth-order valence-electron chi connectivity index (χ4n) is 2.46. The number of hydrogen-bond donors (Lipinski definition) is 0. The van der Waals surface area contributed by atoms with Crippen molar-refractivity contribution in [2.24, 2.45) is 5.92 Å². The average molecular weight is 260 g/mol. The smallest absolute Gasteiger partial charge is 0.159 e. The number of Topliss-reactive ketones (excluding diaryl/α,β-unsaturated/α-hetero) is 1. The summed E-state index contributed by atoms with van der Waals surface area (Å²) >= 11 is 0. The van der Waals surface area contributed by atoms with E-state index in [1.165, 1.54) is 0 Å². The van der Waals surface area contributed by atoms with E-state index in [1.807, 2.05) is 30.3 Å². The van der Waals surface area contributed by atoms with Crippen molar-refractivity contribution in [2.75, 3.05) is 20.8 Å². The standard InChI is InChI=1S/C16H20O3/c1-18-11-13-6-7-14(16(17)10-13)8-12-4-3-5-15(9-12)19-2/h3-5,8-9,13H,6-7,10-11H2,1-2H3. The lowest BCUT2D eigenvalue weighted by molar-refractivity contribution is -0.118. The average Bonchev–Trinajstić information content (AvgIpc) is 2.42. The van der Waals surface area contributed by atoms with Crippen LogP contribution < -0.4 is 4.74 Å². The minimum Gasteiger partial charge on any atom is -0.497 e. The summed E-state index contributed by atoms with van der Waals surface area (Å²) in [7, 11) is 3.33. The topological polar surface area (TPSA) is 35.5 Å². The van der Waals surface area contributed by atoms with Crippen LogP contribution in [-0.2, 0) is 9.53 Å². The first-order valence-corrected chi connectivity index (χ1v) is 6.59. The normalized spacial score (nSPS) is 21.7. The summed E-state index contributed by atoms with van der Waals surface area (Å²) in [5.74, 6) is 1.44. The summed E-state index contributed by atoms with van der Waals surface area (Å²) in [5.41, 5.74) is 1.94. The molecule has 0 amide bonds. The molecule has 1 aliphatic carbocycles. The van der Waals surface area contributed by atoms with Gasteiger partial charge in [-0.15, -0.1) is 0 Å². The third-order valence-electron chi connectivity index (χ3n) is 3.49. The minimum absolute atomic E-state index is 0.246. The Morgan fingerprint density at radius 1 is 1.37 bits per heavy atom. The largest absolute Gasteiger partial charge is 0.497 e. The molecular formula is C16H20O3. The Kier molecular flexibility index (Phi) is 4.74. The lowest BCUT2D eigenvalue weighted by Crippen LogP contribution is -2.21. The molecule has 0 heterocycles. The van der Waals surface area contributed by atoms with E-state index in [0.717, 1.165) is 29.7 Å². The first-order valence-electron chi connectivity index (χ1n) is 6.59. The number of benzene rings is 1. The number of carbonyl (C=O) groups excluding carboxylic acids is 1. The highest BCUT2D eigenvalue weighted by Crippen LogP contribution is 2.27. The van der Waals surface area contributed by atoms with E-state index in [9.17, 15) is 4.79 Å². The van der Waals surface area contributed by atoms with Crippen molar-refractivity contribution in [1.82, 2.24) is 0 Å². The molecule has 1 saturated carbocycles. The zero-order valence-corrected chi connectivity index (χ0v) is 11.5. The molecule has 0 aliphatic heterocycles. The minimum atomic E-state index is 0.246. The van der Waals surface area contributed by atoms with E-state index in [0.29, 0.717) is 18.9 Å². The van der Waals surface area contributed by atoms with Crippen molar-refractivity contribution >= 4 is 11.9 Å². The summed E-state index contributed by atoms with van der Waals surface area (Å²) < 4.78 is 10.3. The van der Waals surface area contributed by atoms with E-state index in [2.05, 4.69) is 0 Å². The van der Waals surface area contributed by atoms with Crippen molar-refractivity contribution < 1.29 is 14.3 Å². The van der Waals surface area contributed by atoms with Gasteiger partial charge in [0.05, 0.1) is 7.11 Å². The van der Waals surface area contributed by atoms with Gasteiger partial charge in [0.2, 0.25) is 0 Å². The number of ether oxygens (including phenoxy) is 2. The maximum Gasteiger partial charge on any atom is 0.159 e. The van der Waals surface area contributed by atoms with Crippen molar-refractivity contribution in [3.05, 3.63) is 35.4 Å². The van der Waals surface area contributed by atoms with Crippen molar-refractivity contribution in [1.29, 1.82) is 0 Å². The van der Waals surface area contributed by atoms with Crippen LogP contribution in [0.15, 0.2) is 29.8 Å². The van der Waals surface area contributed by atoms with Gasteiger partial charge >= 0.3 is 0 Å². The second-order valence-electron chi connectivity index (χ2n) is 4.93. The van der Waals surface area contributed by atoms with Crippen LogP contribution in [0.1, 0.15) is 24.8 Å². The summed E-state index contributed by atoms with van der Waals surface area (Å²) in [6.45, 7) is 0.679. The van der Waals surface area contributed by atoms with Gasteiger partial charge in [-0.1, -0.05) is 12.1 Å². The fraction of sp³-hybridized carbons (Fsp3) is 0.438. The van der Waals surface area contributed by atoms with Crippen LogP contribution in [0, 0.1) is 5.92 Å². The van der Waals surface area contributed by atoms with Gasteiger partial charge in [0.25, 0.3) is 0 Å². The fourth-order valence-corrected chi connectivity index (χ4v) is 2.46. The predicted molar refractivity (Wildman–Crippen MR) is 75.2 cm³/mol. The Morgan fingerprint density at radius 2 is 2.21 bits per heavy atom. The molecule has 1 fully saturated rings. The van der Waals surface area contributed by atoms with Crippen molar-refractivity contribution in [3.63, 3.8) is 0 Å². The Morgan fingerprint density at radius 3 is 2.89 bits per heavy atom. The molecule has 0 saturated heterocycles. The second kappa shape index (κ2) is 6.53. The first kappa shape index (κ1) is 13.8. The van der Waals surface area contributed by atoms with Gasteiger partial charge in [-0.3, -0.25) is 4.79 Å². The third kappa shape index (κ3) is 3.67. The Labute approximate surface area is 114 Å². The van der Waals surface area contributed by atoms with Gasteiger partial charge in [-0.2, -0.15) is 0 Å².